The van der Waals surface area contributed by atoms with Crippen molar-refractivity contribution in [1.29, 1.82) is 0 Å². The monoisotopic (exact) mass is 302 g/mol. The van der Waals surface area contributed by atoms with Crippen molar-refractivity contribution in [2.45, 2.75) is 31.7 Å². The van der Waals surface area contributed by atoms with Crippen molar-refractivity contribution in [3.63, 3.8) is 0 Å². The van der Waals surface area contributed by atoms with Gasteiger partial charge in [-0.05, 0) is 6.04 Å². The Kier molecular flexibility index (Phi) is 8.41. The minimum Gasteiger partial charge on any atom is -0.665 e. The predicted octanol–water partition coefficient (Wildman–Crippen LogP) is 1.13. The summed E-state index contributed by atoms with van der Waals surface area (Å²) in [6, 6.07) is -1.22. The topological polar surface area (TPSA) is 103 Å². The molecular formula is C11H16N3O3Zn+. The van der Waals surface area contributed by atoms with E-state index >= 15 is 0 Å². The second-order valence-electron chi connectivity index (χ2n) is 3.77. The number of rotatable bonds is 7. The normalized spacial score (nSPS) is 14.6. The standard InChI is InChI=1S/C11H16N3O3.Zn/c12-9(11(16)17)3-4-10(15)14-7-5-8-2-1-6-13-8;/h2,6,9,12H,1,3-5,7H2,(H,14,15)(H,16,17);/q-1;+2. The molecule has 0 saturated carbocycles. The summed E-state index contributed by atoms with van der Waals surface area (Å²) in [5.74, 6) is -1.41. The molecule has 94 valence electrons. The fraction of sp³-hybridized carbons (Fsp3) is 0.545. The van der Waals surface area contributed by atoms with Gasteiger partial charge in [-0.15, -0.1) is 0 Å². The largest absolute Gasteiger partial charge is 2.00 e. The third kappa shape index (κ3) is 6.62. The van der Waals surface area contributed by atoms with E-state index < -0.39 is 12.0 Å². The van der Waals surface area contributed by atoms with E-state index in [9.17, 15) is 9.59 Å². The first-order chi connectivity index (χ1) is 8.09. The van der Waals surface area contributed by atoms with E-state index in [0.717, 1.165) is 12.1 Å². The molecular weight excluding hydrogens is 288 g/mol. The van der Waals surface area contributed by atoms with Crippen LogP contribution < -0.4 is 5.32 Å². The smallest absolute Gasteiger partial charge is 0.665 e. The van der Waals surface area contributed by atoms with Gasteiger partial charge in [-0.2, -0.15) is 0 Å². The average Bonchev–Trinajstić information content (AvgIpc) is 2.78. The van der Waals surface area contributed by atoms with Crippen molar-refractivity contribution in [1.82, 2.24) is 5.32 Å². The van der Waals surface area contributed by atoms with E-state index in [4.69, 9.17) is 10.8 Å². The molecule has 0 bridgehead atoms. The van der Waals surface area contributed by atoms with Crippen LogP contribution in [0.25, 0.3) is 5.73 Å². The van der Waals surface area contributed by atoms with Crippen LogP contribution in [0.15, 0.2) is 16.8 Å². The van der Waals surface area contributed by atoms with Crippen molar-refractivity contribution in [3.05, 3.63) is 17.5 Å². The Labute approximate surface area is 118 Å². The first-order valence-electron chi connectivity index (χ1n) is 5.52. The van der Waals surface area contributed by atoms with Gasteiger partial charge in [0.1, 0.15) is 0 Å². The minimum absolute atomic E-state index is 0. The van der Waals surface area contributed by atoms with E-state index in [1.807, 2.05) is 12.3 Å². The molecule has 0 saturated heterocycles. The second-order valence-corrected chi connectivity index (χ2v) is 3.77. The molecule has 0 aromatic rings. The van der Waals surface area contributed by atoms with Crippen LogP contribution in [-0.4, -0.2) is 35.8 Å². The Morgan fingerprint density at radius 3 is 2.83 bits per heavy atom. The van der Waals surface area contributed by atoms with E-state index in [1.54, 1.807) is 0 Å². The number of hydrogen-bond donors (Lipinski definition) is 2. The maximum absolute atomic E-state index is 11.3. The number of nitrogens with zero attached hydrogens (tertiary/aromatic N) is 1. The van der Waals surface area contributed by atoms with E-state index in [0.29, 0.717) is 13.0 Å². The zero-order valence-corrected chi connectivity index (χ0v) is 13.2. The summed E-state index contributed by atoms with van der Waals surface area (Å²) in [5.41, 5.74) is 8.09. The zero-order valence-electron chi connectivity index (χ0n) is 10.2. The minimum atomic E-state index is -1.22. The summed E-state index contributed by atoms with van der Waals surface area (Å²) in [7, 11) is 0. The molecule has 0 aromatic carbocycles. The molecule has 1 rings (SSSR count). The van der Waals surface area contributed by atoms with Gasteiger partial charge in [-0.3, -0.25) is 14.6 Å². The molecule has 18 heavy (non-hydrogen) atoms. The third-order valence-electron chi connectivity index (χ3n) is 2.38. The van der Waals surface area contributed by atoms with Crippen molar-refractivity contribution < 1.29 is 34.2 Å². The van der Waals surface area contributed by atoms with Crippen molar-refractivity contribution in [3.8, 4) is 0 Å². The predicted molar refractivity (Wildman–Crippen MR) is 63.8 cm³/mol. The first-order valence-corrected chi connectivity index (χ1v) is 5.52. The second kappa shape index (κ2) is 8.94. The van der Waals surface area contributed by atoms with Gasteiger partial charge < -0.3 is 16.2 Å². The molecule has 0 aromatic heterocycles. The molecule has 1 amide bonds. The van der Waals surface area contributed by atoms with Gasteiger partial charge in [0.2, 0.25) is 5.91 Å². The Morgan fingerprint density at radius 1 is 1.56 bits per heavy atom. The van der Waals surface area contributed by atoms with Crippen molar-refractivity contribution in [2.75, 3.05) is 6.54 Å². The van der Waals surface area contributed by atoms with Gasteiger partial charge in [-0.25, -0.2) is 0 Å². The number of hydrogen-bond acceptors (Lipinski definition) is 3. The van der Waals surface area contributed by atoms with Gasteiger partial charge in [0.25, 0.3) is 5.97 Å². The molecule has 6 nitrogen and oxygen atoms in total. The quantitative estimate of drug-likeness (QED) is 0.689. The molecule has 0 fully saturated rings. The number of carbonyl (C=O) groups excluding carboxylic acids is 1. The van der Waals surface area contributed by atoms with Crippen LogP contribution in [0, 0.1) is 0 Å². The fourth-order valence-corrected chi connectivity index (χ4v) is 1.40. The van der Waals surface area contributed by atoms with Crippen molar-refractivity contribution >= 4 is 18.1 Å². The van der Waals surface area contributed by atoms with Gasteiger partial charge in [0, 0.05) is 37.7 Å². The SMILES string of the molecule is [NH-]C(CCC(=O)NCCC1=CCC=N1)C(=O)O.[Zn+2]. The number of carbonyl (C=O) groups is 2. The van der Waals surface area contributed by atoms with Crippen molar-refractivity contribution in [2.24, 2.45) is 4.99 Å². The number of carboxylic acids is 1. The Morgan fingerprint density at radius 2 is 2.28 bits per heavy atom. The maximum Gasteiger partial charge on any atom is 2.00 e. The van der Waals surface area contributed by atoms with Gasteiger partial charge >= 0.3 is 19.5 Å². The summed E-state index contributed by atoms with van der Waals surface area (Å²) in [6.07, 6.45) is 5.46. The maximum atomic E-state index is 11.3. The summed E-state index contributed by atoms with van der Waals surface area (Å²) >= 11 is 0. The number of carboxylic acid groups (broad SMARTS) is 1. The molecule has 7 heteroatoms. The Balaban J connectivity index is 0.00000289. The molecule has 1 atom stereocenters. The number of aliphatic carboxylic acids is 1. The zero-order chi connectivity index (χ0) is 12.7. The van der Waals surface area contributed by atoms with Crippen LogP contribution in [-0.2, 0) is 29.1 Å². The number of allylic oxidation sites excluding steroid dienone is 1. The van der Waals surface area contributed by atoms with Crippen LogP contribution in [0.2, 0.25) is 0 Å². The molecule has 3 N–H and O–H groups in total. The van der Waals surface area contributed by atoms with Crippen LogP contribution in [0.3, 0.4) is 0 Å². The van der Waals surface area contributed by atoms with Crippen LogP contribution in [0.1, 0.15) is 25.7 Å². The average molecular weight is 304 g/mol. The number of aliphatic imine (C=N–C) groups is 1. The van der Waals surface area contributed by atoms with Crippen LogP contribution in [0.4, 0.5) is 0 Å². The molecule has 1 aliphatic rings. The molecule has 0 aliphatic carbocycles. The molecule has 1 heterocycles. The van der Waals surface area contributed by atoms with E-state index in [2.05, 4.69) is 10.3 Å². The van der Waals surface area contributed by atoms with Gasteiger partial charge in [-0.1, -0.05) is 12.5 Å². The third-order valence-corrected chi connectivity index (χ3v) is 2.38. The van der Waals surface area contributed by atoms with Gasteiger partial charge in [0.05, 0.1) is 0 Å². The number of nitrogens with one attached hydrogen (secondary N) is 2. The van der Waals surface area contributed by atoms with Gasteiger partial charge in [0.15, 0.2) is 0 Å². The van der Waals surface area contributed by atoms with Crippen LogP contribution in [0.5, 0.6) is 0 Å². The summed E-state index contributed by atoms with van der Waals surface area (Å²) in [4.78, 5) is 25.8. The molecule has 1 unspecified atom stereocenters. The van der Waals surface area contributed by atoms with E-state index in [-0.39, 0.29) is 38.2 Å². The Hall–Kier alpha value is -1.07. The molecule has 1 aliphatic heterocycles. The molecule has 0 spiro atoms. The fourth-order valence-electron chi connectivity index (χ4n) is 1.40. The summed E-state index contributed by atoms with van der Waals surface area (Å²) in [6.45, 7) is 0.498. The number of amides is 1. The molecule has 0 radical (unpaired) electrons. The van der Waals surface area contributed by atoms with Crippen LogP contribution >= 0.6 is 0 Å². The summed E-state index contributed by atoms with van der Waals surface area (Å²) in [5, 5.41) is 11.1. The van der Waals surface area contributed by atoms with E-state index in [1.165, 1.54) is 0 Å². The first kappa shape index (κ1) is 16.9. The Bertz CT molecular complexity index is 355. The summed E-state index contributed by atoms with van der Waals surface area (Å²) < 4.78 is 0.